The molecule has 0 aliphatic carbocycles. The maximum absolute atomic E-state index is 4.36. The Morgan fingerprint density at radius 1 is 1.24 bits per heavy atom. The van der Waals surface area contributed by atoms with Crippen LogP contribution in [0.25, 0.3) is 0 Å². The standard InChI is InChI=1S/C14H15N3/c1-2-4-14-11(3-1)8-16-9-12(14)7-13-10-15-5-6-17-13/h1-6,10,12,16H,7-9H2. The molecule has 2 aromatic rings. The van der Waals surface area contributed by atoms with Crippen molar-refractivity contribution in [3.05, 3.63) is 59.7 Å². The van der Waals surface area contributed by atoms with Gasteiger partial charge in [0.25, 0.3) is 0 Å². The molecule has 1 aromatic heterocycles. The number of nitrogens with one attached hydrogen (secondary N) is 1. The minimum atomic E-state index is 0.511. The van der Waals surface area contributed by atoms with E-state index in [2.05, 4.69) is 39.6 Å². The lowest BCUT2D eigenvalue weighted by Gasteiger charge is -2.26. The molecule has 1 N–H and O–H groups in total. The molecule has 1 aromatic carbocycles. The third kappa shape index (κ3) is 2.19. The monoisotopic (exact) mass is 225 g/mol. The molecule has 0 amide bonds. The molecule has 0 fully saturated rings. The normalized spacial score (nSPS) is 18.7. The molecule has 17 heavy (non-hydrogen) atoms. The minimum Gasteiger partial charge on any atom is -0.312 e. The van der Waals surface area contributed by atoms with E-state index < -0.39 is 0 Å². The van der Waals surface area contributed by atoms with Crippen molar-refractivity contribution in [1.29, 1.82) is 0 Å². The Kier molecular flexibility index (Phi) is 2.84. The van der Waals surface area contributed by atoms with Gasteiger partial charge in [0.15, 0.2) is 0 Å². The second-order valence-corrected chi connectivity index (χ2v) is 4.43. The second kappa shape index (κ2) is 4.63. The van der Waals surface area contributed by atoms with Crippen LogP contribution in [0, 0.1) is 0 Å². The van der Waals surface area contributed by atoms with Crippen LogP contribution >= 0.6 is 0 Å². The predicted molar refractivity (Wildman–Crippen MR) is 66.6 cm³/mol. The van der Waals surface area contributed by atoms with Crippen LogP contribution in [-0.4, -0.2) is 16.5 Å². The zero-order chi connectivity index (χ0) is 11.5. The average molecular weight is 225 g/mol. The van der Waals surface area contributed by atoms with E-state index in [4.69, 9.17) is 0 Å². The highest BCUT2D eigenvalue weighted by Crippen LogP contribution is 2.26. The third-order valence-corrected chi connectivity index (χ3v) is 3.27. The second-order valence-electron chi connectivity index (χ2n) is 4.43. The Morgan fingerprint density at radius 2 is 2.18 bits per heavy atom. The molecule has 0 spiro atoms. The van der Waals surface area contributed by atoms with Crippen LogP contribution in [0.5, 0.6) is 0 Å². The zero-order valence-corrected chi connectivity index (χ0v) is 9.63. The highest BCUT2D eigenvalue weighted by atomic mass is 14.9. The van der Waals surface area contributed by atoms with Gasteiger partial charge in [-0.15, -0.1) is 0 Å². The van der Waals surface area contributed by atoms with Crippen LogP contribution in [0.1, 0.15) is 22.7 Å². The zero-order valence-electron chi connectivity index (χ0n) is 9.63. The Labute approximate surface area is 101 Å². The van der Waals surface area contributed by atoms with Gasteiger partial charge >= 0.3 is 0 Å². The van der Waals surface area contributed by atoms with Gasteiger partial charge in [-0.05, 0) is 17.5 Å². The van der Waals surface area contributed by atoms with Crippen molar-refractivity contribution in [3.8, 4) is 0 Å². The van der Waals surface area contributed by atoms with Gasteiger partial charge in [0, 0.05) is 37.6 Å². The molecule has 86 valence electrons. The maximum Gasteiger partial charge on any atom is 0.0593 e. The Hall–Kier alpha value is -1.74. The van der Waals surface area contributed by atoms with Gasteiger partial charge in [-0.1, -0.05) is 24.3 Å². The van der Waals surface area contributed by atoms with Crippen molar-refractivity contribution in [1.82, 2.24) is 15.3 Å². The van der Waals surface area contributed by atoms with E-state index >= 15 is 0 Å². The largest absolute Gasteiger partial charge is 0.312 e. The van der Waals surface area contributed by atoms with E-state index in [0.717, 1.165) is 25.2 Å². The predicted octanol–water partition coefficient (Wildman–Crippen LogP) is 1.91. The number of benzene rings is 1. The van der Waals surface area contributed by atoms with Gasteiger partial charge in [-0.25, -0.2) is 0 Å². The summed E-state index contributed by atoms with van der Waals surface area (Å²) < 4.78 is 0. The molecule has 1 aliphatic heterocycles. The van der Waals surface area contributed by atoms with Crippen molar-refractivity contribution >= 4 is 0 Å². The molecular weight excluding hydrogens is 210 g/mol. The van der Waals surface area contributed by atoms with Crippen molar-refractivity contribution in [3.63, 3.8) is 0 Å². The topological polar surface area (TPSA) is 37.8 Å². The summed E-state index contributed by atoms with van der Waals surface area (Å²) >= 11 is 0. The first-order chi connectivity index (χ1) is 8.43. The summed E-state index contributed by atoms with van der Waals surface area (Å²) in [5.74, 6) is 0.511. The fourth-order valence-corrected chi connectivity index (χ4v) is 2.45. The molecule has 3 rings (SSSR count). The van der Waals surface area contributed by atoms with Crippen molar-refractivity contribution in [2.24, 2.45) is 0 Å². The molecule has 3 heteroatoms. The van der Waals surface area contributed by atoms with E-state index in [1.807, 2.05) is 6.20 Å². The number of aromatic nitrogens is 2. The molecule has 1 atom stereocenters. The van der Waals surface area contributed by atoms with Gasteiger partial charge in [-0.3, -0.25) is 9.97 Å². The minimum absolute atomic E-state index is 0.511. The summed E-state index contributed by atoms with van der Waals surface area (Å²) in [5, 5.41) is 3.46. The van der Waals surface area contributed by atoms with Crippen LogP contribution in [0.4, 0.5) is 0 Å². The van der Waals surface area contributed by atoms with Gasteiger partial charge in [0.05, 0.1) is 5.69 Å². The van der Waals surface area contributed by atoms with Gasteiger partial charge < -0.3 is 5.32 Å². The lowest BCUT2D eigenvalue weighted by molar-refractivity contribution is 0.534. The summed E-state index contributed by atoms with van der Waals surface area (Å²) in [7, 11) is 0. The van der Waals surface area contributed by atoms with Crippen LogP contribution in [0.15, 0.2) is 42.9 Å². The summed E-state index contributed by atoms with van der Waals surface area (Å²) in [6.07, 6.45) is 6.29. The Morgan fingerprint density at radius 3 is 3.06 bits per heavy atom. The molecular formula is C14H15N3. The van der Waals surface area contributed by atoms with Gasteiger partial charge in [0.2, 0.25) is 0 Å². The first-order valence-electron chi connectivity index (χ1n) is 5.97. The number of hydrogen-bond donors (Lipinski definition) is 1. The smallest absolute Gasteiger partial charge is 0.0593 e. The Balaban J connectivity index is 1.86. The molecule has 2 heterocycles. The lowest BCUT2D eigenvalue weighted by Crippen LogP contribution is -2.29. The van der Waals surface area contributed by atoms with E-state index in [1.165, 1.54) is 11.1 Å². The van der Waals surface area contributed by atoms with E-state index in [1.54, 1.807) is 12.4 Å². The van der Waals surface area contributed by atoms with E-state index in [9.17, 15) is 0 Å². The number of hydrogen-bond acceptors (Lipinski definition) is 3. The van der Waals surface area contributed by atoms with Crippen LogP contribution in [-0.2, 0) is 13.0 Å². The van der Waals surface area contributed by atoms with E-state index in [-0.39, 0.29) is 0 Å². The number of rotatable bonds is 2. The number of fused-ring (bicyclic) bond motifs is 1. The van der Waals surface area contributed by atoms with Gasteiger partial charge in [-0.2, -0.15) is 0 Å². The van der Waals surface area contributed by atoms with Crippen LogP contribution < -0.4 is 5.32 Å². The Bertz CT molecular complexity index is 496. The maximum atomic E-state index is 4.36. The molecule has 0 bridgehead atoms. The van der Waals surface area contributed by atoms with Crippen molar-refractivity contribution < 1.29 is 0 Å². The molecule has 3 nitrogen and oxygen atoms in total. The highest BCUT2D eigenvalue weighted by Gasteiger charge is 2.19. The molecule has 0 radical (unpaired) electrons. The average Bonchev–Trinajstić information content (AvgIpc) is 2.40. The molecule has 1 unspecified atom stereocenters. The third-order valence-electron chi connectivity index (χ3n) is 3.27. The highest BCUT2D eigenvalue weighted by molar-refractivity contribution is 5.33. The first kappa shape index (κ1) is 10.4. The van der Waals surface area contributed by atoms with Gasteiger partial charge in [0.1, 0.15) is 0 Å². The fraction of sp³-hybridized carbons (Fsp3) is 0.286. The van der Waals surface area contributed by atoms with E-state index in [0.29, 0.717) is 5.92 Å². The summed E-state index contributed by atoms with van der Waals surface area (Å²) in [6.45, 7) is 2.00. The van der Waals surface area contributed by atoms with Crippen molar-refractivity contribution in [2.75, 3.05) is 6.54 Å². The van der Waals surface area contributed by atoms with Crippen molar-refractivity contribution in [2.45, 2.75) is 18.9 Å². The lowest BCUT2D eigenvalue weighted by atomic mass is 9.88. The molecule has 0 saturated heterocycles. The summed E-state index contributed by atoms with van der Waals surface area (Å²) in [5.41, 5.74) is 3.93. The fourth-order valence-electron chi connectivity index (χ4n) is 2.45. The number of nitrogens with zero attached hydrogens (tertiary/aromatic N) is 2. The van der Waals surface area contributed by atoms with Crippen LogP contribution in [0.3, 0.4) is 0 Å². The van der Waals surface area contributed by atoms with Crippen LogP contribution in [0.2, 0.25) is 0 Å². The summed E-state index contributed by atoms with van der Waals surface area (Å²) in [4.78, 5) is 8.48. The SMILES string of the molecule is c1ccc2c(c1)CNCC2Cc1cnccn1. The molecule has 0 saturated carbocycles. The molecule has 1 aliphatic rings. The quantitative estimate of drug-likeness (QED) is 0.848. The summed E-state index contributed by atoms with van der Waals surface area (Å²) in [6, 6.07) is 8.65. The first-order valence-corrected chi connectivity index (χ1v) is 5.97.